The van der Waals surface area contributed by atoms with E-state index in [0.717, 1.165) is 26.4 Å². The zero-order chi connectivity index (χ0) is 11.5. The second-order valence-corrected chi connectivity index (χ2v) is 5.71. The molecule has 6 heteroatoms. The van der Waals surface area contributed by atoms with Gasteiger partial charge in [-0.1, -0.05) is 6.07 Å². The molecule has 1 aromatic heterocycles. The van der Waals surface area contributed by atoms with Gasteiger partial charge in [-0.05, 0) is 56.5 Å². The molecule has 1 heterocycles. The topological polar surface area (TPSA) is 37.8 Å². The number of nitrogens with one attached hydrogen (secondary N) is 1. The van der Waals surface area contributed by atoms with Crippen molar-refractivity contribution < 1.29 is 0 Å². The molecule has 0 radical (unpaired) electrons. The van der Waals surface area contributed by atoms with Crippen LogP contribution < -0.4 is 5.32 Å². The van der Waals surface area contributed by atoms with Crippen LogP contribution in [-0.4, -0.2) is 9.36 Å². The van der Waals surface area contributed by atoms with Crippen molar-refractivity contribution in [1.29, 1.82) is 0 Å². The zero-order valence-corrected chi connectivity index (χ0v) is 12.5. The van der Waals surface area contributed by atoms with Gasteiger partial charge in [0.2, 0.25) is 5.13 Å². The Labute approximate surface area is 115 Å². The lowest BCUT2D eigenvalue weighted by molar-refractivity contribution is 1.10. The van der Waals surface area contributed by atoms with Gasteiger partial charge in [0.1, 0.15) is 5.82 Å². The minimum absolute atomic E-state index is 0.751. The lowest BCUT2D eigenvalue weighted by Crippen LogP contribution is -1.98. The predicted octanol–water partition coefficient (Wildman–Crippen LogP) is 3.98. The normalized spacial score (nSPS) is 10.4. The summed E-state index contributed by atoms with van der Waals surface area (Å²) in [4.78, 5) is 4.24. The summed E-state index contributed by atoms with van der Waals surface area (Å²) < 4.78 is 6.23. The van der Waals surface area contributed by atoms with E-state index in [-0.39, 0.29) is 0 Å². The molecule has 0 bridgehead atoms. The van der Waals surface area contributed by atoms with E-state index in [0.29, 0.717) is 0 Å². The Hall–Kier alpha value is -0.460. The van der Waals surface area contributed by atoms with Gasteiger partial charge in [0.15, 0.2) is 0 Å². The van der Waals surface area contributed by atoms with Crippen molar-refractivity contribution in [2.24, 2.45) is 0 Å². The maximum absolute atomic E-state index is 4.24. The van der Waals surface area contributed by atoms with Crippen LogP contribution in [0.5, 0.6) is 0 Å². The Morgan fingerprint density at radius 1 is 1.31 bits per heavy atom. The van der Waals surface area contributed by atoms with Gasteiger partial charge in [-0.15, -0.1) is 0 Å². The number of halogens is 2. The zero-order valence-electron chi connectivity index (χ0n) is 8.50. The third-order valence-corrected chi connectivity index (χ3v) is 4.60. The van der Waals surface area contributed by atoms with Crippen molar-refractivity contribution in [3.8, 4) is 0 Å². The lowest BCUT2D eigenvalue weighted by Gasteiger charge is -2.04. The van der Waals surface area contributed by atoms with Crippen LogP contribution in [0.3, 0.4) is 0 Å². The summed E-state index contributed by atoms with van der Waals surface area (Å²) in [6.07, 6.45) is 0. The van der Waals surface area contributed by atoms with E-state index in [4.69, 9.17) is 0 Å². The highest BCUT2D eigenvalue weighted by Gasteiger charge is 2.01. The van der Waals surface area contributed by atoms with Gasteiger partial charge in [0.05, 0.1) is 0 Å². The van der Waals surface area contributed by atoms with Crippen molar-refractivity contribution in [3.63, 3.8) is 0 Å². The van der Waals surface area contributed by atoms with Crippen LogP contribution in [0, 0.1) is 6.92 Å². The van der Waals surface area contributed by atoms with Crippen LogP contribution in [0.2, 0.25) is 0 Å². The van der Waals surface area contributed by atoms with E-state index in [2.05, 4.69) is 58.7 Å². The number of hydrogen-bond acceptors (Lipinski definition) is 4. The van der Waals surface area contributed by atoms with Crippen LogP contribution >= 0.6 is 43.4 Å². The Morgan fingerprint density at radius 2 is 2.12 bits per heavy atom. The molecule has 3 nitrogen and oxygen atoms in total. The summed E-state index contributed by atoms with van der Waals surface area (Å²) in [6.45, 7) is 2.64. The highest BCUT2D eigenvalue weighted by molar-refractivity contribution is 9.13. The molecular weight excluding hydrogens is 354 g/mol. The number of aryl methyl sites for hydroxylation is 1. The van der Waals surface area contributed by atoms with Gasteiger partial charge in [-0.3, -0.25) is 0 Å². The van der Waals surface area contributed by atoms with Gasteiger partial charge < -0.3 is 5.32 Å². The van der Waals surface area contributed by atoms with Crippen LogP contribution in [-0.2, 0) is 6.54 Å². The predicted molar refractivity (Wildman–Crippen MR) is 73.8 cm³/mol. The molecule has 0 amide bonds. The molecule has 1 aromatic carbocycles. The summed E-state index contributed by atoms with van der Waals surface area (Å²) in [5.74, 6) is 0.810. The summed E-state index contributed by atoms with van der Waals surface area (Å²) >= 11 is 8.30. The monoisotopic (exact) mass is 361 g/mol. The molecule has 1 N–H and O–H groups in total. The van der Waals surface area contributed by atoms with Crippen molar-refractivity contribution in [1.82, 2.24) is 9.36 Å². The van der Waals surface area contributed by atoms with E-state index >= 15 is 0 Å². The van der Waals surface area contributed by atoms with Gasteiger partial charge >= 0.3 is 0 Å². The lowest BCUT2D eigenvalue weighted by atomic mass is 10.2. The van der Waals surface area contributed by atoms with Crippen LogP contribution in [0.25, 0.3) is 0 Å². The molecule has 0 aliphatic heterocycles. The molecule has 0 unspecified atom stereocenters. The number of hydrogen-bond donors (Lipinski definition) is 1. The molecule has 0 aliphatic rings. The quantitative estimate of drug-likeness (QED) is 0.897. The number of nitrogens with zero attached hydrogens (tertiary/aromatic N) is 2. The highest BCUT2D eigenvalue weighted by Crippen LogP contribution is 2.24. The summed E-state index contributed by atoms with van der Waals surface area (Å²) in [7, 11) is 0. The molecule has 0 saturated heterocycles. The maximum Gasteiger partial charge on any atom is 0.202 e. The van der Waals surface area contributed by atoms with Gasteiger partial charge in [-0.25, -0.2) is 4.98 Å². The molecule has 0 atom stereocenters. The largest absolute Gasteiger partial charge is 0.356 e. The SMILES string of the molecule is Cc1nsc(NCc2ccc(Br)c(Br)c2)n1. The minimum Gasteiger partial charge on any atom is -0.356 e. The summed E-state index contributed by atoms with van der Waals surface area (Å²) in [5.41, 5.74) is 1.20. The van der Waals surface area contributed by atoms with Crippen molar-refractivity contribution in [2.45, 2.75) is 13.5 Å². The Balaban J connectivity index is 2.02. The van der Waals surface area contributed by atoms with E-state index < -0.39 is 0 Å². The Bertz CT molecular complexity index is 499. The highest BCUT2D eigenvalue weighted by atomic mass is 79.9. The number of rotatable bonds is 3. The molecule has 0 fully saturated rings. The first-order valence-electron chi connectivity index (χ1n) is 4.63. The molecule has 2 aromatic rings. The van der Waals surface area contributed by atoms with E-state index in [9.17, 15) is 0 Å². The van der Waals surface area contributed by atoms with Gasteiger partial charge in [-0.2, -0.15) is 4.37 Å². The maximum atomic E-state index is 4.24. The third-order valence-electron chi connectivity index (χ3n) is 1.96. The second kappa shape index (κ2) is 5.25. The first-order chi connectivity index (χ1) is 7.65. The molecule has 2 rings (SSSR count). The van der Waals surface area contributed by atoms with Crippen molar-refractivity contribution in [3.05, 3.63) is 38.5 Å². The third kappa shape index (κ3) is 3.02. The Kier molecular flexibility index (Phi) is 3.94. The fraction of sp³-hybridized carbons (Fsp3) is 0.200. The average molecular weight is 363 g/mol. The average Bonchev–Trinajstić information content (AvgIpc) is 2.66. The molecule has 0 saturated carbocycles. The van der Waals surface area contributed by atoms with E-state index in [1.807, 2.05) is 13.0 Å². The van der Waals surface area contributed by atoms with Crippen LogP contribution in [0.15, 0.2) is 27.1 Å². The number of anilines is 1. The van der Waals surface area contributed by atoms with Gasteiger partial charge in [0.25, 0.3) is 0 Å². The van der Waals surface area contributed by atoms with E-state index in [1.165, 1.54) is 17.1 Å². The molecule has 0 spiro atoms. The van der Waals surface area contributed by atoms with Crippen LogP contribution in [0.1, 0.15) is 11.4 Å². The fourth-order valence-corrected chi connectivity index (χ4v) is 2.44. The number of benzene rings is 1. The molecule has 0 aliphatic carbocycles. The van der Waals surface area contributed by atoms with Crippen molar-refractivity contribution in [2.75, 3.05) is 5.32 Å². The smallest absolute Gasteiger partial charge is 0.202 e. The Morgan fingerprint density at radius 3 is 2.75 bits per heavy atom. The fourth-order valence-electron chi connectivity index (χ4n) is 1.20. The minimum atomic E-state index is 0.751. The van der Waals surface area contributed by atoms with Crippen molar-refractivity contribution >= 4 is 48.5 Å². The first kappa shape index (κ1) is 12.0. The first-order valence-corrected chi connectivity index (χ1v) is 6.99. The summed E-state index contributed by atoms with van der Waals surface area (Å²) in [5, 5.41) is 4.10. The van der Waals surface area contributed by atoms with Crippen LogP contribution in [0.4, 0.5) is 5.13 Å². The molecular formula is C10H9Br2N3S. The summed E-state index contributed by atoms with van der Waals surface area (Å²) in [6, 6.07) is 6.16. The molecule has 16 heavy (non-hydrogen) atoms. The van der Waals surface area contributed by atoms with Gasteiger partial charge in [0, 0.05) is 27.0 Å². The second-order valence-electron chi connectivity index (χ2n) is 3.25. The standard InChI is InChI=1S/C10H9Br2N3S/c1-6-14-10(16-15-6)13-5-7-2-3-8(11)9(12)4-7/h2-4H,5H2,1H3,(H,13,14,15). The number of aromatic nitrogens is 2. The molecule has 84 valence electrons. The van der Waals surface area contributed by atoms with E-state index in [1.54, 1.807) is 0 Å².